The Labute approximate surface area is 130 Å². The fourth-order valence-electron chi connectivity index (χ4n) is 1.81. The average molecular weight is 340 g/mol. The molecule has 8 heteroatoms. The molecule has 0 aliphatic heterocycles. The number of rotatable bonds is 6. The van der Waals surface area contributed by atoms with Crippen LogP contribution in [0.2, 0.25) is 0 Å². The van der Waals surface area contributed by atoms with Crippen molar-refractivity contribution in [1.82, 2.24) is 9.71 Å². The summed E-state index contributed by atoms with van der Waals surface area (Å²) >= 11 is 0. The van der Waals surface area contributed by atoms with Crippen molar-refractivity contribution in [3.8, 4) is 0 Å². The molecule has 0 amide bonds. The molecule has 22 heavy (non-hydrogen) atoms. The summed E-state index contributed by atoms with van der Waals surface area (Å²) in [6.45, 7) is 0.183. The third kappa shape index (κ3) is 4.36. The lowest BCUT2D eigenvalue weighted by Crippen LogP contribution is -2.26. The number of sulfonamides is 1. The van der Waals surface area contributed by atoms with Crippen LogP contribution in [-0.2, 0) is 26.3 Å². The molecule has 0 aliphatic carbocycles. The predicted octanol–water partition coefficient (Wildman–Crippen LogP) is 1.01. The molecule has 6 nitrogen and oxygen atoms in total. The molecule has 0 saturated carbocycles. The largest absolute Gasteiger partial charge is 0.261 e. The zero-order chi connectivity index (χ0) is 16.2. The number of nitrogens with zero attached hydrogens (tertiary/aromatic N) is 1. The minimum absolute atomic E-state index is 0.0277. The summed E-state index contributed by atoms with van der Waals surface area (Å²) in [5, 5.41) is 0. The van der Waals surface area contributed by atoms with E-state index in [0.29, 0.717) is 6.42 Å². The smallest absolute Gasteiger partial charge is 0.240 e. The molecule has 2 rings (SSSR count). The van der Waals surface area contributed by atoms with Gasteiger partial charge in [-0.05, 0) is 30.3 Å². The standard InChI is InChI=1S/C14H16N2O4S2/c1-21(17,18)13-6-4-7-14(11-13)22(19,20)16-10-8-12-5-2-3-9-15-12/h2-7,9,11,16H,8,10H2,1H3. The van der Waals surface area contributed by atoms with E-state index in [9.17, 15) is 16.8 Å². The zero-order valence-electron chi connectivity index (χ0n) is 11.9. The van der Waals surface area contributed by atoms with E-state index in [-0.39, 0.29) is 16.3 Å². The SMILES string of the molecule is CS(=O)(=O)c1cccc(S(=O)(=O)NCCc2ccccn2)c1. The van der Waals surface area contributed by atoms with Crippen molar-refractivity contribution in [1.29, 1.82) is 0 Å². The lowest BCUT2D eigenvalue weighted by molar-refractivity contribution is 0.581. The quantitative estimate of drug-likeness (QED) is 0.847. The van der Waals surface area contributed by atoms with E-state index in [1.54, 1.807) is 18.3 Å². The predicted molar refractivity (Wildman–Crippen MR) is 82.7 cm³/mol. The first kappa shape index (κ1) is 16.6. The molecular formula is C14H16N2O4S2. The summed E-state index contributed by atoms with van der Waals surface area (Å²) in [5.41, 5.74) is 0.773. The van der Waals surface area contributed by atoms with E-state index in [1.807, 2.05) is 6.07 Å². The van der Waals surface area contributed by atoms with Crippen LogP contribution in [0, 0.1) is 0 Å². The molecule has 1 N–H and O–H groups in total. The van der Waals surface area contributed by atoms with Gasteiger partial charge in [0.2, 0.25) is 10.0 Å². The Morgan fingerprint density at radius 2 is 1.73 bits per heavy atom. The first-order valence-corrected chi connectivity index (χ1v) is 9.86. The van der Waals surface area contributed by atoms with Gasteiger partial charge in [0.15, 0.2) is 9.84 Å². The third-order valence-electron chi connectivity index (χ3n) is 2.94. The van der Waals surface area contributed by atoms with Crippen LogP contribution in [0.5, 0.6) is 0 Å². The molecule has 0 fully saturated rings. The van der Waals surface area contributed by atoms with Gasteiger partial charge in [-0.2, -0.15) is 0 Å². The molecule has 0 saturated heterocycles. The van der Waals surface area contributed by atoms with Gasteiger partial charge in [0, 0.05) is 31.1 Å². The van der Waals surface area contributed by atoms with Crippen LogP contribution >= 0.6 is 0 Å². The van der Waals surface area contributed by atoms with E-state index >= 15 is 0 Å². The average Bonchev–Trinajstić information content (AvgIpc) is 2.47. The molecule has 0 radical (unpaired) electrons. The lowest BCUT2D eigenvalue weighted by atomic mass is 10.3. The summed E-state index contributed by atoms with van der Waals surface area (Å²) in [4.78, 5) is 4.00. The number of sulfone groups is 1. The normalized spacial score (nSPS) is 12.2. The van der Waals surface area contributed by atoms with Crippen LogP contribution < -0.4 is 4.72 Å². The van der Waals surface area contributed by atoms with E-state index in [4.69, 9.17) is 0 Å². The number of pyridine rings is 1. The van der Waals surface area contributed by atoms with Crippen molar-refractivity contribution >= 4 is 19.9 Å². The highest BCUT2D eigenvalue weighted by molar-refractivity contribution is 7.91. The van der Waals surface area contributed by atoms with Gasteiger partial charge in [0.1, 0.15) is 0 Å². The molecule has 118 valence electrons. The maximum absolute atomic E-state index is 12.2. The molecule has 1 heterocycles. The third-order valence-corrected chi connectivity index (χ3v) is 5.51. The van der Waals surface area contributed by atoms with Crippen molar-refractivity contribution < 1.29 is 16.8 Å². The van der Waals surface area contributed by atoms with E-state index in [2.05, 4.69) is 9.71 Å². The summed E-state index contributed by atoms with van der Waals surface area (Å²) in [6.07, 6.45) is 3.12. The molecule has 0 unspecified atom stereocenters. The summed E-state index contributed by atoms with van der Waals surface area (Å²) in [7, 11) is -7.21. The highest BCUT2D eigenvalue weighted by atomic mass is 32.2. The van der Waals surface area contributed by atoms with E-state index < -0.39 is 19.9 Å². The first-order valence-electron chi connectivity index (χ1n) is 6.49. The molecule has 1 aromatic heterocycles. The van der Waals surface area contributed by atoms with Gasteiger partial charge in [-0.15, -0.1) is 0 Å². The van der Waals surface area contributed by atoms with Crippen molar-refractivity contribution in [2.45, 2.75) is 16.2 Å². The molecule has 0 aliphatic rings. The minimum Gasteiger partial charge on any atom is -0.261 e. The Morgan fingerprint density at radius 3 is 2.36 bits per heavy atom. The number of nitrogens with one attached hydrogen (secondary N) is 1. The second kappa shape index (κ2) is 6.55. The second-order valence-corrected chi connectivity index (χ2v) is 8.50. The maximum atomic E-state index is 12.2. The maximum Gasteiger partial charge on any atom is 0.240 e. The lowest BCUT2D eigenvalue weighted by Gasteiger charge is -2.07. The Kier molecular flexibility index (Phi) is 4.94. The summed E-state index contributed by atoms with van der Waals surface area (Å²) in [6, 6.07) is 10.7. The van der Waals surface area contributed by atoms with Crippen LogP contribution in [0.15, 0.2) is 58.5 Å². The number of benzene rings is 1. The van der Waals surface area contributed by atoms with E-state index in [0.717, 1.165) is 18.0 Å². The van der Waals surface area contributed by atoms with Crippen LogP contribution in [0.25, 0.3) is 0 Å². The molecule has 0 bridgehead atoms. The Morgan fingerprint density at radius 1 is 1.00 bits per heavy atom. The fraction of sp³-hybridized carbons (Fsp3) is 0.214. The van der Waals surface area contributed by atoms with Crippen molar-refractivity contribution in [3.63, 3.8) is 0 Å². The molecular weight excluding hydrogens is 324 g/mol. The van der Waals surface area contributed by atoms with E-state index in [1.165, 1.54) is 18.2 Å². The Bertz CT molecular complexity index is 847. The number of hydrogen-bond donors (Lipinski definition) is 1. The van der Waals surface area contributed by atoms with Gasteiger partial charge in [-0.25, -0.2) is 21.6 Å². The Balaban J connectivity index is 2.11. The first-order chi connectivity index (χ1) is 10.3. The van der Waals surface area contributed by atoms with Gasteiger partial charge in [0.05, 0.1) is 9.79 Å². The van der Waals surface area contributed by atoms with Gasteiger partial charge >= 0.3 is 0 Å². The fourth-order valence-corrected chi connectivity index (χ4v) is 3.63. The van der Waals surface area contributed by atoms with Crippen LogP contribution in [0.4, 0.5) is 0 Å². The van der Waals surface area contributed by atoms with Crippen molar-refractivity contribution in [2.24, 2.45) is 0 Å². The summed E-state index contributed by atoms with van der Waals surface area (Å²) in [5.74, 6) is 0. The number of hydrogen-bond acceptors (Lipinski definition) is 5. The second-order valence-electron chi connectivity index (χ2n) is 4.72. The van der Waals surface area contributed by atoms with Gasteiger partial charge in [-0.3, -0.25) is 4.98 Å². The minimum atomic E-state index is -3.76. The monoisotopic (exact) mass is 340 g/mol. The number of aromatic nitrogens is 1. The van der Waals surface area contributed by atoms with Crippen LogP contribution in [-0.4, -0.2) is 34.6 Å². The molecule has 2 aromatic rings. The van der Waals surface area contributed by atoms with Gasteiger partial charge in [0.25, 0.3) is 0 Å². The van der Waals surface area contributed by atoms with Gasteiger partial charge < -0.3 is 0 Å². The highest BCUT2D eigenvalue weighted by Crippen LogP contribution is 2.15. The molecule has 1 aromatic carbocycles. The topological polar surface area (TPSA) is 93.2 Å². The highest BCUT2D eigenvalue weighted by Gasteiger charge is 2.16. The molecule has 0 spiro atoms. The van der Waals surface area contributed by atoms with Gasteiger partial charge in [-0.1, -0.05) is 12.1 Å². The Hall–Kier alpha value is -1.77. The summed E-state index contributed by atoms with van der Waals surface area (Å²) < 4.78 is 49.8. The molecule has 0 atom stereocenters. The zero-order valence-corrected chi connectivity index (χ0v) is 13.6. The van der Waals surface area contributed by atoms with Crippen molar-refractivity contribution in [3.05, 3.63) is 54.4 Å². The van der Waals surface area contributed by atoms with Crippen molar-refractivity contribution in [2.75, 3.05) is 12.8 Å². The van der Waals surface area contributed by atoms with Crippen LogP contribution in [0.1, 0.15) is 5.69 Å². The van der Waals surface area contributed by atoms with Crippen LogP contribution in [0.3, 0.4) is 0 Å².